The molecule has 2 aromatic heterocycles. The molecule has 158 valence electrons. The number of β-amino-alcohol motifs (C(OH)–C–C–N with tert-alkyl or cyclic N) is 1. The van der Waals surface area contributed by atoms with Crippen molar-refractivity contribution in [2.45, 2.75) is 37.3 Å². The van der Waals surface area contributed by atoms with Gasteiger partial charge in [0.1, 0.15) is 17.5 Å². The van der Waals surface area contributed by atoms with Crippen LogP contribution in [-0.2, 0) is 0 Å². The molecule has 30 heavy (non-hydrogen) atoms. The molecule has 1 aromatic carbocycles. The van der Waals surface area contributed by atoms with Gasteiger partial charge in [0.15, 0.2) is 5.65 Å². The summed E-state index contributed by atoms with van der Waals surface area (Å²) in [7, 11) is 0. The number of aliphatic hydroxyl groups is 1. The summed E-state index contributed by atoms with van der Waals surface area (Å²) in [5, 5.41) is 21.1. The summed E-state index contributed by atoms with van der Waals surface area (Å²) < 4.78 is 29.0. The topological polar surface area (TPSA) is 100 Å². The first-order valence-electron chi connectivity index (χ1n) is 10.3. The van der Waals surface area contributed by atoms with Crippen LogP contribution in [-0.4, -0.2) is 38.9 Å². The Hall–Kier alpha value is -2.62. The number of fused-ring (bicyclic) bond motifs is 1. The Kier molecular flexibility index (Phi) is 4.88. The fraction of sp³-hybridized carbons (Fsp3) is 0.429. The van der Waals surface area contributed by atoms with Crippen molar-refractivity contribution in [2.24, 2.45) is 11.7 Å². The molecule has 2 fully saturated rings. The monoisotopic (exact) mass is 414 g/mol. The number of benzene rings is 1. The number of aliphatic hydroxyl groups excluding tert-OH is 1. The molecule has 1 unspecified atom stereocenters. The first-order chi connectivity index (χ1) is 14.5. The van der Waals surface area contributed by atoms with Crippen LogP contribution in [0.4, 0.5) is 20.3 Å². The molecule has 3 atom stereocenters. The lowest BCUT2D eigenvalue weighted by Gasteiger charge is -2.32. The van der Waals surface area contributed by atoms with Crippen molar-refractivity contribution in [3.05, 3.63) is 53.4 Å². The standard InChI is InChI=1S/C21H24F2N6O/c22-12-5-13(23)7-14(6-12)27-19-8-17(20(24)15-3-4-25-10-18(15)30)28-21-16(11-1-2-11)9-26-29(19)21/h5-9,11,15,18,20,25,27,30H,1-4,10,24H2/t15-,18-,20?/m1/s1. The van der Waals surface area contributed by atoms with Crippen molar-refractivity contribution in [1.29, 1.82) is 0 Å². The Morgan fingerprint density at radius 1 is 1.17 bits per heavy atom. The summed E-state index contributed by atoms with van der Waals surface area (Å²) in [4.78, 5) is 4.80. The van der Waals surface area contributed by atoms with Crippen molar-refractivity contribution in [2.75, 3.05) is 18.4 Å². The van der Waals surface area contributed by atoms with E-state index in [1.807, 2.05) is 0 Å². The van der Waals surface area contributed by atoms with E-state index in [4.69, 9.17) is 10.7 Å². The number of nitrogens with one attached hydrogen (secondary N) is 2. The van der Waals surface area contributed by atoms with E-state index in [1.165, 1.54) is 12.1 Å². The molecule has 7 nitrogen and oxygen atoms in total. The molecule has 9 heteroatoms. The van der Waals surface area contributed by atoms with Gasteiger partial charge in [-0.3, -0.25) is 0 Å². The first kappa shape index (κ1) is 19.3. The van der Waals surface area contributed by atoms with Crippen LogP contribution in [0.15, 0.2) is 30.5 Å². The Bertz CT molecular complexity index is 1060. The van der Waals surface area contributed by atoms with E-state index in [0.717, 1.165) is 37.4 Å². The minimum atomic E-state index is -0.670. The first-order valence-corrected chi connectivity index (χ1v) is 10.3. The number of rotatable bonds is 5. The highest BCUT2D eigenvalue weighted by Crippen LogP contribution is 2.42. The average molecular weight is 414 g/mol. The highest BCUT2D eigenvalue weighted by molar-refractivity contribution is 5.63. The van der Waals surface area contributed by atoms with Crippen LogP contribution in [0.25, 0.3) is 5.65 Å². The lowest BCUT2D eigenvalue weighted by Crippen LogP contribution is -2.45. The smallest absolute Gasteiger partial charge is 0.161 e. The van der Waals surface area contributed by atoms with Crippen LogP contribution in [0.3, 0.4) is 0 Å². The number of nitrogens with two attached hydrogens (primary N) is 1. The predicted molar refractivity (Wildman–Crippen MR) is 109 cm³/mol. The van der Waals surface area contributed by atoms with Gasteiger partial charge in [-0.05, 0) is 43.9 Å². The fourth-order valence-electron chi connectivity index (χ4n) is 4.22. The summed E-state index contributed by atoms with van der Waals surface area (Å²) in [6.07, 6.45) is 4.15. The molecular formula is C21H24F2N6O. The number of hydrogen-bond acceptors (Lipinski definition) is 6. The van der Waals surface area contributed by atoms with Crippen molar-refractivity contribution in [3.63, 3.8) is 0 Å². The molecule has 2 aliphatic rings. The molecule has 1 aliphatic heterocycles. The van der Waals surface area contributed by atoms with Gasteiger partial charge in [0, 0.05) is 35.8 Å². The zero-order chi connectivity index (χ0) is 20.8. The van der Waals surface area contributed by atoms with Crippen LogP contribution in [0.5, 0.6) is 0 Å². The molecule has 0 spiro atoms. The Balaban J connectivity index is 1.58. The van der Waals surface area contributed by atoms with Crippen LogP contribution >= 0.6 is 0 Å². The zero-order valence-electron chi connectivity index (χ0n) is 16.4. The Morgan fingerprint density at radius 2 is 1.93 bits per heavy atom. The van der Waals surface area contributed by atoms with Crippen LogP contribution < -0.4 is 16.4 Å². The molecule has 3 heterocycles. The number of piperidine rings is 1. The summed E-state index contributed by atoms with van der Waals surface area (Å²) in [6, 6.07) is 4.54. The second kappa shape index (κ2) is 7.57. The van der Waals surface area contributed by atoms with Crippen molar-refractivity contribution in [1.82, 2.24) is 19.9 Å². The number of aromatic nitrogens is 3. The Morgan fingerprint density at radius 3 is 2.63 bits per heavy atom. The quantitative estimate of drug-likeness (QED) is 0.512. The molecule has 1 saturated carbocycles. The van der Waals surface area contributed by atoms with Crippen LogP contribution in [0.2, 0.25) is 0 Å². The third kappa shape index (κ3) is 3.64. The highest BCUT2D eigenvalue weighted by atomic mass is 19.1. The maximum atomic E-state index is 13.7. The van der Waals surface area contributed by atoms with Crippen molar-refractivity contribution in [3.8, 4) is 0 Å². The lowest BCUT2D eigenvalue weighted by atomic mass is 9.86. The van der Waals surface area contributed by atoms with E-state index >= 15 is 0 Å². The van der Waals surface area contributed by atoms with Gasteiger partial charge in [0.05, 0.1) is 24.0 Å². The molecular weight excluding hydrogens is 390 g/mol. The second-order valence-electron chi connectivity index (χ2n) is 8.21. The van der Waals surface area contributed by atoms with Gasteiger partial charge < -0.3 is 21.5 Å². The average Bonchev–Trinajstić information content (AvgIpc) is 3.46. The van der Waals surface area contributed by atoms with E-state index in [1.54, 1.807) is 16.8 Å². The van der Waals surface area contributed by atoms with Gasteiger partial charge >= 0.3 is 0 Å². The van der Waals surface area contributed by atoms with E-state index in [2.05, 4.69) is 15.7 Å². The van der Waals surface area contributed by atoms with Gasteiger partial charge in [-0.1, -0.05) is 0 Å². The maximum Gasteiger partial charge on any atom is 0.161 e. The molecule has 1 aliphatic carbocycles. The largest absolute Gasteiger partial charge is 0.391 e. The molecule has 5 rings (SSSR count). The van der Waals surface area contributed by atoms with E-state index in [0.29, 0.717) is 29.6 Å². The SMILES string of the molecule is NC(c1cc(Nc2cc(F)cc(F)c2)n2ncc(C3CC3)c2n1)[C@@H]1CCNC[C@H]1O. The molecule has 0 amide bonds. The number of anilines is 2. The number of nitrogens with zero attached hydrogens (tertiary/aromatic N) is 3. The molecule has 5 N–H and O–H groups in total. The van der Waals surface area contributed by atoms with Crippen LogP contribution in [0.1, 0.15) is 42.5 Å². The fourth-order valence-corrected chi connectivity index (χ4v) is 4.22. The van der Waals surface area contributed by atoms with Gasteiger partial charge in [-0.15, -0.1) is 0 Å². The number of hydrogen-bond donors (Lipinski definition) is 4. The van der Waals surface area contributed by atoms with Crippen LogP contribution in [0, 0.1) is 17.6 Å². The minimum Gasteiger partial charge on any atom is -0.391 e. The normalized spacial score (nSPS) is 22.9. The minimum absolute atomic E-state index is 0.132. The van der Waals surface area contributed by atoms with Gasteiger partial charge in [0.25, 0.3) is 0 Å². The second-order valence-corrected chi connectivity index (χ2v) is 8.21. The maximum absolute atomic E-state index is 13.7. The number of halogens is 2. The molecule has 3 aromatic rings. The van der Waals surface area contributed by atoms with Crippen molar-refractivity contribution < 1.29 is 13.9 Å². The van der Waals surface area contributed by atoms with Gasteiger partial charge in [-0.2, -0.15) is 9.61 Å². The molecule has 1 saturated heterocycles. The van der Waals surface area contributed by atoms with Gasteiger partial charge in [0.2, 0.25) is 0 Å². The lowest BCUT2D eigenvalue weighted by molar-refractivity contribution is 0.0666. The third-order valence-electron chi connectivity index (χ3n) is 5.98. The third-order valence-corrected chi connectivity index (χ3v) is 5.98. The Labute approximate surface area is 172 Å². The van der Waals surface area contributed by atoms with E-state index in [9.17, 15) is 13.9 Å². The predicted octanol–water partition coefficient (Wildman–Crippen LogP) is 2.60. The highest BCUT2D eigenvalue weighted by Gasteiger charge is 2.32. The van der Waals surface area contributed by atoms with Gasteiger partial charge in [-0.25, -0.2) is 13.8 Å². The van der Waals surface area contributed by atoms with E-state index < -0.39 is 23.8 Å². The summed E-state index contributed by atoms with van der Waals surface area (Å²) in [6.45, 7) is 1.28. The summed E-state index contributed by atoms with van der Waals surface area (Å²) in [5.41, 5.74) is 9.17. The van der Waals surface area contributed by atoms with Crippen molar-refractivity contribution >= 4 is 17.2 Å². The molecule has 0 radical (unpaired) electrons. The summed E-state index contributed by atoms with van der Waals surface area (Å²) >= 11 is 0. The zero-order valence-corrected chi connectivity index (χ0v) is 16.4. The molecule has 0 bridgehead atoms. The van der Waals surface area contributed by atoms with E-state index in [-0.39, 0.29) is 11.6 Å². The summed E-state index contributed by atoms with van der Waals surface area (Å²) in [5.74, 6) is -0.530.